The minimum Gasteiger partial charge on any atom is -0.294 e. The number of ketones is 1. The van der Waals surface area contributed by atoms with Crippen LogP contribution < -0.4 is 0 Å². The summed E-state index contributed by atoms with van der Waals surface area (Å²) in [5, 5.41) is 0. The van der Waals surface area contributed by atoms with Gasteiger partial charge in [-0.1, -0.05) is 55.3 Å². The zero-order valence-corrected chi connectivity index (χ0v) is 11.2. The van der Waals surface area contributed by atoms with Crippen molar-refractivity contribution in [2.24, 2.45) is 23.2 Å². The van der Waals surface area contributed by atoms with E-state index < -0.39 is 0 Å². The molecule has 0 saturated heterocycles. The van der Waals surface area contributed by atoms with Gasteiger partial charge in [-0.15, -0.1) is 0 Å². The Morgan fingerprint density at radius 3 is 2.84 bits per heavy atom. The van der Waals surface area contributed by atoms with Gasteiger partial charge in [0.05, 0.1) is 0 Å². The SMILES string of the molecule is O=C(c1ccccc1)[C@@]12CCCC[C@@H]1[C@H]1CC=C[C@H]12. The monoisotopic (exact) mass is 252 g/mol. The fourth-order valence-corrected chi connectivity index (χ4v) is 5.05. The average Bonchev–Trinajstić information content (AvgIpc) is 2.90. The van der Waals surface area contributed by atoms with Gasteiger partial charge in [-0.05, 0) is 37.0 Å². The third-order valence-electron chi connectivity index (χ3n) is 5.80. The number of carbonyl (C=O) groups is 1. The Morgan fingerprint density at radius 2 is 2.00 bits per heavy atom. The topological polar surface area (TPSA) is 17.1 Å². The summed E-state index contributed by atoms with van der Waals surface area (Å²) in [6.07, 6.45) is 10.8. The molecule has 3 aliphatic carbocycles. The molecular formula is C18H20O. The molecule has 1 aromatic rings. The lowest BCUT2D eigenvalue weighted by Crippen LogP contribution is -2.60. The Hall–Kier alpha value is -1.37. The van der Waals surface area contributed by atoms with Gasteiger partial charge in [-0.25, -0.2) is 0 Å². The number of carbonyl (C=O) groups excluding carboxylic acids is 1. The highest BCUT2D eigenvalue weighted by Crippen LogP contribution is 2.67. The number of allylic oxidation sites excluding steroid dienone is 2. The first-order valence-corrected chi connectivity index (χ1v) is 7.60. The van der Waals surface area contributed by atoms with Crippen LogP contribution in [-0.4, -0.2) is 5.78 Å². The summed E-state index contributed by atoms with van der Waals surface area (Å²) in [5.74, 6) is 2.37. The molecule has 0 heterocycles. The number of hydrogen-bond acceptors (Lipinski definition) is 1. The van der Waals surface area contributed by atoms with Crippen LogP contribution in [0.3, 0.4) is 0 Å². The van der Waals surface area contributed by atoms with E-state index in [0.717, 1.165) is 17.9 Å². The Bertz CT molecular complexity index is 530. The first kappa shape index (κ1) is 11.5. The van der Waals surface area contributed by atoms with Gasteiger partial charge in [0.15, 0.2) is 5.78 Å². The molecule has 0 spiro atoms. The van der Waals surface area contributed by atoms with Crippen molar-refractivity contribution >= 4 is 5.78 Å². The molecular weight excluding hydrogens is 232 g/mol. The molecule has 4 atom stereocenters. The highest BCUT2D eigenvalue weighted by atomic mass is 16.1. The molecule has 0 unspecified atom stereocenters. The molecule has 3 aliphatic rings. The van der Waals surface area contributed by atoms with Crippen LogP contribution >= 0.6 is 0 Å². The summed E-state index contributed by atoms with van der Waals surface area (Å²) >= 11 is 0. The third kappa shape index (κ3) is 1.39. The molecule has 0 bridgehead atoms. The van der Waals surface area contributed by atoms with Crippen LogP contribution in [0.25, 0.3) is 0 Å². The maximum atomic E-state index is 13.1. The van der Waals surface area contributed by atoms with E-state index in [9.17, 15) is 4.79 Å². The summed E-state index contributed by atoms with van der Waals surface area (Å²) in [6.45, 7) is 0. The molecule has 1 nitrogen and oxygen atoms in total. The van der Waals surface area contributed by atoms with E-state index in [2.05, 4.69) is 12.2 Å². The molecule has 0 aliphatic heterocycles. The Morgan fingerprint density at radius 1 is 1.16 bits per heavy atom. The van der Waals surface area contributed by atoms with Crippen molar-refractivity contribution < 1.29 is 4.79 Å². The Labute approximate surface area is 114 Å². The van der Waals surface area contributed by atoms with Crippen LogP contribution in [0, 0.1) is 23.2 Å². The second kappa shape index (κ2) is 4.06. The lowest BCUT2D eigenvalue weighted by Gasteiger charge is -2.60. The maximum absolute atomic E-state index is 13.1. The van der Waals surface area contributed by atoms with Gasteiger partial charge in [-0.2, -0.15) is 0 Å². The number of rotatable bonds is 2. The largest absolute Gasteiger partial charge is 0.294 e. The predicted octanol–water partition coefficient (Wildman–Crippen LogP) is 4.25. The minimum absolute atomic E-state index is 0.0444. The molecule has 1 aromatic carbocycles. The first-order chi connectivity index (χ1) is 9.34. The fourth-order valence-electron chi connectivity index (χ4n) is 5.05. The van der Waals surface area contributed by atoms with Crippen LogP contribution in [-0.2, 0) is 0 Å². The molecule has 0 N–H and O–H groups in total. The number of Topliss-reactive ketones (excluding diaryl/α,β-unsaturated/α-hetero) is 1. The smallest absolute Gasteiger partial charge is 0.169 e. The quantitative estimate of drug-likeness (QED) is 0.568. The van der Waals surface area contributed by atoms with E-state index in [1.54, 1.807) is 0 Å². The summed E-state index contributed by atoms with van der Waals surface area (Å²) in [4.78, 5) is 13.1. The third-order valence-corrected chi connectivity index (χ3v) is 5.80. The van der Waals surface area contributed by atoms with Crippen LogP contribution in [0.5, 0.6) is 0 Å². The van der Waals surface area contributed by atoms with Crippen LogP contribution in [0.4, 0.5) is 0 Å². The highest BCUT2D eigenvalue weighted by molar-refractivity contribution is 6.02. The minimum atomic E-state index is -0.0444. The summed E-state index contributed by atoms with van der Waals surface area (Å²) < 4.78 is 0. The molecule has 98 valence electrons. The molecule has 19 heavy (non-hydrogen) atoms. The van der Waals surface area contributed by atoms with E-state index in [0.29, 0.717) is 17.6 Å². The summed E-state index contributed by atoms with van der Waals surface area (Å²) in [7, 11) is 0. The maximum Gasteiger partial charge on any atom is 0.169 e. The predicted molar refractivity (Wildman–Crippen MR) is 75.9 cm³/mol. The molecule has 0 radical (unpaired) electrons. The molecule has 0 aromatic heterocycles. The summed E-state index contributed by atoms with van der Waals surface area (Å²) in [5.41, 5.74) is 0.880. The van der Waals surface area contributed by atoms with Gasteiger partial charge in [-0.3, -0.25) is 4.79 Å². The van der Waals surface area contributed by atoms with Crippen LogP contribution in [0.2, 0.25) is 0 Å². The second-order valence-electron chi connectivity index (χ2n) is 6.44. The molecule has 4 rings (SSSR count). The number of fused-ring (bicyclic) bond motifs is 4. The average molecular weight is 252 g/mol. The van der Waals surface area contributed by atoms with E-state index in [1.807, 2.05) is 30.3 Å². The van der Waals surface area contributed by atoms with E-state index >= 15 is 0 Å². The molecule has 0 amide bonds. The van der Waals surface area contributed by atoms with Gasteiger partial charge < -0.3 is 0 Å². The van der Waals surface area contributed by atoms with Crippen molar-refractivity contribution in [3.05, 3.63) is 48.0 Å². The van der Waals surface area contributed by atoms with Crippen molar-refractivity contribution in [2.45, 2.75) is 32.1 Å². The zero-order chi connectivity index (χ0) is 12.9. The van der Waals surface area contributed by atoms with Gasteiger partial charge >= 0.3 is 0 Å². The van der Waals surface area contributed by atoms with E-state index in [4.69, 9.17) is 0 Å². The fraction of sp³-hybridized carbons (Fsp3) is 0.500. The van der Waals surface area contributed by atoms with Crippen LogP contribution in [0.15, 0.2) is 42.5 Å². The van der Waals surface area contributed by atoms with Crippen molar-refractivity contribution in [3.63, 3.8) is 0 Å². The first-order valence-electron chi connectivity index (χ1n) is 7.60. The number of benzene rings is 1. The van der Waals surface area contributed by atoms with Gasteiger partial charge in [0.25, 0.3) is 0 Å². The van der Waals surface area contributed by atoms with Crippen molar-refractivity contribution in [1.82, 2.24) is 0 Å². The van der Waals surface area contributed by atoms with E-state index in [1.165, 1.54) is 25.7 Å². The van der Waals surface area contributed by atoms with Crippen molar-refractivity contribution in [2.75, 3.05) is 0 Å². The lowest BCUT2D eigenvalue weighted by molar-refractivity contribution is -0.0866. The second-order valence-corrected chi connectivity index (χ2v) is 6.44. The standard InChI is InChI=1S/C18H20O/c19-17(13-7-2-1-3-8-13)18-12-5-4-10-15(18)14-9-6-11-16(14)18/h1-3,6-8,11,14-16H,4-5,9-10,12H2/t14-,15-,16-,18+/m1/s1. The Kier molecular flexibility index (Phi) is 2.45. The van der Waals surface area contributed by atoms with Crippen molar-refractivity contribution in [3.8, 4) is 0 Å². The van der Waals surface area contributed by atoms with Crippen LogP contribution in [0.1, 0.15) is 42.5 Å². The van der Waals surface area contributed by atoms with Crippen molar-refractivity contribution in [1.29, 1.82) is 0 Å². The van der Waals surface area contributed by atoms with Gasteiger partial charge in [0, 0.05) is 11.0 Å². The zero-order valence-electron chi connectivity index (χ0n) is 11.2. The van der Waals surface area contributed by atoms with Gasteiger partial charge in [0.2, 0.25) is 0 Å². The normalized spacial score (nSPS) is 39.3. The number of hydrogen-bond donors (Lipinski definition) is 0. The molecule has 1 heteroatoms. The highest BCUT2D eigenvalue weighted by Gasteiger charge is 2.65. The summed E-state index contributed by atoms with van der Waals surface area (Å²) in [6, 6.07) is 9.96. The van der Waals surface area contributed by atoms with E-state index in [-0.39, 0.29) is 5.41 Å². The van der Waals surface area contributed by atoms with Gasteiger partial charge in [0.1, 0.15) is 0 Å². The lowest BCUT2D eigenvalue weighted by atomic mass is 9.41. The molecule has 2 fully saturated rings. The molecule has 2 saturated carbocycles. The Balaban J connectivity index is 1.74.